The zero-order valence-corrected chi connectivity index (χ0v) is 7.75. The molecule has 0 aliphatic carbocycles. The van der Waals surface area contributed by atoms with E-state index in [1.54, 1.807) is 29.1 Å². The predicted molar refractivity (Wildman–Crippen MR) is 45.8 cm³/mol. The van der Waals surface area contributed by atoms with Gasteiger partial charge in [-0.2, -0.15) is 4.40 Å². The molecule has 0 aliphatic heterocycles. The average Bonchev–Trinajstić information content (AvgIpc) is 1.91. The zero-order valence-electron chi connectivity index (χ0n) is 6.93. The van der Waals surface area contributed by atoms with Gasteiger partial charge in [-0.1, -0.05) is 0 Å². The molecular formula is C7H10N2O2S. The molecule has 0 spiro atoms. The fourth-order valence-corrected chi connectivity index (χ4v) is 1.25. The van der Waals surface area contributed by atoms with Crippen LogP contribution in [0.15, 0.2) is 28.9 Å². The number of hydrogen-bond donors (Lipinski definition) is 0. The zero-order chi connectivity index (χ0) is 9.19. The van der Waals surface area contributed by atoms with Gasteiger partial charge in [-0.05, 0) is 12.1 Å². The standard InChI is InChI=1S/C7H10N2O2S/c1-9-5-3-7(4-6-9)8-12(2,10)11/h3-6H,1-2H3. The number of rotatable bonds is 1. The molecule has 0 saturated heterocycles. The van der Waals surface area contributed by atoms with Crippen LogP contribution in [-0.4, -0.2) is 19.2 Å². The van der Waals surface area contributed by atoms with Crippen molar-refractivity contribution < 1.29 is 8.42 Å². The van der Waals surface area contributed by atoms with E-state index >= 15 is 0 Å². The summed E-state index contributed by atoms with van der Waals surface area (Å²) in [6, 6.07) is 3.28. The molecule has 0 bridgehead atoms. The third-order valence-electron chi connectivity index (χ3n) is 1.23. The van der Waals surface area contributed by atoms with Gasteiger partial charge in [0.05, 0.1) is 11.6 Å². The van der Waals surface area contributed by atoms with Crippen LogP contribution in [0.2, 0.25) is 0 Å². The second kappa shape index (κ2) is 3.10. The Morgan fingerprint density at radius 2 is 1.83 bits per heavy atom. The third-order valence-corrected chi connectivity index (χ3v) is 1.77. The summed E-state index contributed by atoms with van der Waals surface area (Å²) in [5.41, 5.74) is 0. The van der Waals surface area contributed by atoms with Crippen molar-refractivity contribution in [2.45, 2.75) is 0 Å². The molecule has 1 rings (SSSR count). The van der Waals surface area contributed by atoms with Crippen molar-refractivity contribution in [3.05, 3.63) is 29.9 Å². The molecule has 0 atom stereocenters. The first-order valence-corrected chi connectivity index (χ1v) is 5.20. The van der Waals surface area contributed by atoms with Gasteiger partial charge in [-0.25, -0.2) is 8.42 Å². The normalized spacial score (nSPS) is 11.2. The predicted octanol–water partition coefficient (Wildman–Crippen LogP) is -0.115. The minimum atomic E-state index is -3.27. The number of pyridine rings is 1. The van der Waals surface area contributed by atoms with Gasteiger partial charge in [0.25, 0.3) is 10.0 Å². The van der Waals surface area contributed by atoms with Crippen LogP contribution in [0.4, 0.5) is 0 Å². The Morgan fingerprint density at radius 1 is 1.33 bits per heavy atom. The summed E-state index contributed by atoms with van der Waals surface area (Å²) in [4.78, 5) is 0. The summed E-state index contributed by atoms with van der Waals surface area (Å²) in [5, 5.41) is 0.454. The Balaban J connectivity index is 3.23. The smallest absolute Gasteiger partial charge is 0.250 e. The molecule has 66 valence electrons. The van der Waals surface area contributed by atoms with Crippen molar-refractivity contribution >= 4 is 10.0 Å². The highest BCUT2D eigenvalue weighted by molar-refractivity contribution is 7.89. The van der Waals surface area contributed by atoms with E-state index in [1.165, 1.54) is 0 Å². The van der Waals surface area contributed by atoms with Crippen molar-refractivity contribution in [1.82, 2.24) is 4.57 Å². The van der Waals surface area contributed by atoms with Crippen LogP contribution >= 0.6 is 0 Å². The third kappa shape index (κ3) is 2.87. The molecule has 0 aliphatic rings. The molecule has 0 radical (unpaired) electrons. The van der Waals surface area contributed by atoms with E-state index in [2.05, 4.69) is 4.40 Å². The topological polar surface area (TPSA) is 51.4 Å². The minimum absolute atomic E-state index is 0.454. The van der Waals surface area contributed by atoms with Crippen LogP contribution in [-0.2, 0) is 17.1 Å². The lowest BCUT2D eigenvalue weighted by atomic mass is 10.5. The van der Waals surface area contributed by atoms with Gasteiger partial charge < -0.3 is 4.57 Å². The Labute approximate surface area is 71.2 Å². The van der Waals surface area contributed by atoms with Crippen molar-refractivity contribution in [3.8, 4) is 0 Å². The van der Waals surface area contributed by atoms with E-state index in [-0.39, 0.29) is 0 Å². The lowest BCUT2D eigenvalue weighted by molar-refractivity contribution is 0.602. The molecule has 4 nitrogen and oxygen atoms in total. The van der Waals surface area contributed by atoms with E-state index in [0.29, 0.717) is 5.36 Å². The lowest BCUT2D eigenvalue weighted by Crippen LogP contribution is -2.06. The van der Waals surface area contributed by atoms with Gasteiger partial charge in [-0.15, -0.1) is 0 Å². The maximum atomic E-state index is 10.7. The highest BCUT2D eigenvalue weighted by Crippen LogP contribution is 1.82. The largest absolute Gasteiger partial charge is 0.357 e. The first-order valence-electron chi connectivity index (χ1n) is 3.36. The van der Waals surface area contributed by atoms with E-state index in [4.69, 9.17) is 0 Å². The van der Waals surface area contributed by atoms with Crippen LogP contribution in [0, 0.1) is 0 Å². The van der Waals surface area contributed by atoms with Crippen LogP contribution in [0.25, 0.3) is 0 Å². The Bertz CT molecular complexity index is 410. The molecule has 1 heterocycles. The lowest BCUT2D eigenvalue weighted by Gasteiger charge is -1.93. The summed E-state index contributed by atoms with van der Waals surface area (Å²) < 4.78 is 26.7. The van der Waals surface area contributed by atoms with Crippen molar-refractivity contribution in [2.24, 2.45) is 11.4 Å². The molecule has 0 unspecified atom stereocenters. The quantitative estimate of drug-likeness (QED) is 0.614. The molecular weight excluding hydrogens is 176 g/mol. The molecule has 0 aromatic carbocycles. The Morgan fingerprint density at radius 3 is 2.25 bits per heavy atom. The number of nitrogens with zero attached hydrogens (tertiary/aromatic N) is 2. The van der Waals surface area contributed by atoms with Gasteiger partial charge in [0.15, 0.2) is 0 Å². The van der Waals surface area contributed by atoms with Gasteiger partial charge in [0.2, 0.25) is 0 Å². The molecule has 0 amide bonds. The van der Waals surface area contributed by atoms with E-state index in [1.807, 2.05) is 7.05 Å². The van der Waals surface area contributed by atoms with E-state index < -0.39 is 10.0 Å². The summed E-state index contributed by atoms with van der Waals surface area (Å²) in [6.07, 6.45) is 4.55. The summed E-state index contributed by atoms with van der Waals surface area (Å²) in [6.45, 7) is 0. The van der Waals surface area contributed by atoms with Crippen molar-refractivity contribution in [3.63, 3.8) is 0 Å². The molecule has 1 aromatic heterocycles. The molecule has 12 heavy (non-hydrogen) atoms. The number of aromatic nitrogens is 1. The van der Waals surface area contributed by atoms with E-state index in [0.717, 1.165) is 6.26 Å². The number of hydrogen-bond acceptors (Lipinski definition) is 2. The second-order valence-corrected chi connectivity index (χ2v) is 4.19. The molecule has 1 aromatic rings. The van der Waals surface area contributed by atoms with Gasteiger partial charge >= 0.3 is 0 Å². The van der Waals surface area contributed by atoms with Crippen LogP contribution in [0.1, 0.15) is 0 Å². The van der Waals surface area contributed by atoms with E-state index in [9.17, 15) is 8.42 Å². The Hall–Kier alpha value is -1.10. The average molecular weight is 186 g/mol. The maximum Gasteiger partial charge on any atom is 0.250 e. The monoisotopic (exact) mass is 186 g/mol. The number of sulfonamides is 1. The fraction of sp³-hybridized carbons (Fsp3) is 0.286. The highest BCUT2D eigenvalue weighted by atomic mass is 32.2. The summed E-state index contributed by atoms with van der Waals surface area (Å²) in [7, 11) is -1.42. The second-order valence-electron chi connectivity index (χ2n) is 2.55. The van der Waals surface area contributed by atoms with Crippen LogP contribution in [0.3, 0.4) is 0 Å². The molecule has 0 saturated carbocycles. The van der Waals surface area contributed by atoms with Gasteiger partial charge in [0, 0.05) is 19.4 Å². The highest BCUT2D eigenvalue weighted by Gasteiger charge is 1.93. The Kier molecular flexibility index (Phi) is 2.32. The molecule has 5 heteroatoms. The van der Waals surface area contributed by atoms with Crippen molar-refractivity contribution in [1.29, 1.82) is 0 Å². The number of aryl methyl sites for hydroxylation is 1. The first kappa shape index (κ1) is 8.99. The first-order chi connectivity index (χ1) is 5.47. The fourth-order valence-electron chi connectivity index (χ4n) is 0.745. The van der Waals surface area contributed by atoms with Crippen LogP contribution < -0.4 is 5.36 Å². The molecule has 0 fully saturated rings. The van der Waals surface area contributed by atoms with Gasteiger partial charge in [-0.3, -0.25) is 0 Å². The maximum absolute atomic E-state index is 10.7. The molecule has 0 N–H and O–H groups in total. The summed E-state index contributed by atoms with van der Waals surface area (Å²) in [5.74, 6) is 0. The summed E-state index contributed by atoms with van der Waals surface area (Å²) >= 11 is 0. The minimum Gasteiger partial charge on any atom is -0.357 e. The van der Waals surface area contributed by atoms with Gasteiger partial charge in [0.1, 0.15) is 0 Å². The SMILES string of the molecule is Cn1ccc(=NS(C)(=O)=O)cc1. The van der Waals surface area contributed by atoms with Crippen LogP contribution in [0.5, 0.6) is 0 Å². The van der Waals surface area contributed by atoms with Crippen molar-refractivity contribution in [2.75, 3.05) is 6.26 Å².